The Morgan fingerprint density at radius 3 is 2.14 bits per heavy atom. The Kier molecular flexibility index (Phi) is 3.08. The van der Waals surface area contributed by atoms with Gasteiger partial charge in [0.2, 0.25) is 0 Å². The number of halogens is 3. The van der Waals surface area contributed by atoms with Crippen LogP contribution in [0.5, 0.6) is 0 Å². The SMILES string of the molecule is CN=C(NN)c1cc(F)c(F)c(F)c1. The quantitative estimate of drug-likeness (QED) is 0.235. The second-order valence-electron chi connectivity index (χ2n) is 2.47. The molecular weight excluding hydrogens is 195 g/mol. The summed E-state index contributed by atoms with van der Waals surface area (Å²) in [5, 5.41) is 0. The van der Waals surface area contributed by atoms with Crippen LogP contribution in [0.25, 0.3) is 0 Å². The molecule has 1 rings (SSSR count). The highest BCUT2D eigenvalue weighted by molar-refractivity contribution is 5.98. The van der Waals surface area contributed by atoms with Crippen molar-refractivity contribution < 1.29 is 13.2 Å². The van der Waals surface area contributed by atoms with Crippen LogP contribution in [0.4, 0.5) is 13.2 Å². The number of hydrogen-bond acceptors (Lipinski definition) is 2. The fourth-order valence-corrected chi connectivity index (χ4v) is 0.969. The largest absolute Gasteiger partial charge is 0.308 e. The van der Waals surface area contributed by atoms with Crippen molar-refractivity contribution in [1.82, 2.24) is 5.43 Å². The molecule has 0 heterocycles. The van der Waals surface area contributed by atoms with Gasteiger partial charge in [-0.05, 0) is 12.1 Å². The predicted octanol–water partition coefficient (Wildman–Crippen LogP) is 0.944. The smallest absolute Gasteiger partial charge is 0.194 e. The van der Waals surface area contributed by atoms with Crippen molar-refractivity contribution in [2.75, 3.05) is 7.05 Å². The molecule has 0 saturated carbocycles. The van der Waals surface area contributed by atoms with E-state index in [4.69, 9.17) is 5.84 Å². The Labute approximate surface area is 78.4 Å². The molecule has 14 heavy (non-hydrogen) atoms. The highest BCUT2D eigenvalue weighted by Crippen LogP contribution is 2.13. The van der Waals surface area contributed by atoms with E-state index in [1.807, 2.05) is 0 Å². The van der Waals surface area contributed by atoms with E-state index in [2.05, 4.69) is 10.4 Å². The Morgan fingerprint density at radius 1 is 1.29 bits per heavy atom. The summed E-state index contributed by atoms with van der Waals surface area (Å²) in [5.41, 5.74) is 2.18. The zero-order valence-corrected chi connectivity index (χ0v) is 7.31. The first kappa shape index (κ1) is 10.5. The Bertz CT molecular complexity index is 353. The normalized spacial score (nSPS) is 11.6. The minimum atomic E-state index is -1.51. The van der Waals surface area contributed by atoms with Gasteiger partial charge >= 0.3 is 0 Å². The van der Waals surface area contributed by atoms with Crippen LogP contribution in [0.1, 0.15) is 5.56 Å². The second kappa shape index (κ2) is 4.10. The lowest BCUT2D eigenvalue weighted by molar-refractivity contribution is 0.447. The maximum absolute atomic E-state index is 12.7. The number of hydrazine groups is 1. The number of nitrogens with one attached hydrogen (secondary N) is 1. The average molecular weight is 203 g/mol. The van der Waals surface area contributed by atoms with Gasteiger partial charge in [-0.1, -0.05) is 0 Å². The average Bonchev–Trinajstić information content (AvgIpc) is 2.16. The van der Waals surface area contributed by atoms with Crippen LogP contribution in [0.3, 0.4) is 0 Å². The highest BCUT2D eigenvalue weighted by Gasteiger charge is 2.12. The van der Waals surface area contributed by atoms with Crippen molar-refractivity contribution in [1.29, 1.82) is 0 Å². The van der Waals surface area contributed by atoms with Crippen LogP contribution in [0.15, 0.2) is 17.1 Å². The molecule has 0 fully saturated rings. The summed E-state index contributed by atoms with van der Waals surface area (Å²) in [7, 11) is 1.38. The van der Waals surface area contributed by atoms with E-state index in [1.54, 1.807) is 0 Å². The zero-order chi connectivity index (χ0) is 10.7. The predicted molar refractivity (Wildman–Crippen MR) is 46.1 cm³/mol. The minimum absolute atomic E-state index is 0.0476. The number of aliphatic imine (C=N–C) groups is 1. The number of nitrogens with zero attached hydrogens (tertiary/aromatic N) is 1. The number of amidine groups is 1. The maximum atomic E-state index is 12.7. The van der Waals surface area contributed by atoms with Crippen molar-refractivity contribution in [3.63, 3.8) is 0 Å². The van der Waals surface area contributed by atoms with Crippen LogP contribution in [-0.4, -0.2) is 12.9 Å². The van der Waals surface area contributed by atoms with Crippen LogP contribution in [0.2, 0.25) is 0 Å². The molecule has 76 valence electrons. The fourth-order valence-electron chi connectivity index (χ4n) is 0.969. The first-order chi connectivity index (χ1) is 6.60. The van der Waals surface area contributed by atoms with Gasteiger partial charge in [0.15, 0.2) is 17.5 Å². The van der Waals surface area contributed by atoms with E-state index in [0.29, 0.717) is 0 Å². The van der Waals surface area contributed by atoms with Crippen molar-refractivity contribution >= 4 is 5.84 Å². The van der Waals surface area contributed by atoms with Gasteiger partial charge in [0.1, 0.15) is 5.84 Å². The molecule has 0 atom stereocenters. The van der Waals surface area contributed by atoms with Crippen molar-refractivity contribution in [2.24, 2.45) is 10.8 Å². The number of hydrogen-bond donors (Lipinski definition) is 2. The molecule has 0 aliphatic rings. The molecule has 0 unspecified atom stereocenters. The molecule has 0 aromatic heterocycles. The summed E-state index contributed by atoms with van der Waals surface area (Å²) < 4.78 is 38.0. The molecule has 1 aromatic carbocycles. The van der Waals surface area contributed by atoms with Gasteiger partial charge in [-0.3, -0.25) is 4.99 Å². The van der Waals surface area contributed by atoms with Gasteiger partial charge in [0.05, 0.1) is 0 Å². The molecule has 0 saturated heterocycles. The van der Waals surface area contributed by atoms with Gasteiger partial charge < -0.3 is 5.43 Å². The van der Waals surface area contributed by atoms with Crippen molar-refractivity contribution in [3.8, 4) is 0 Å². The molecule has 3 nitrogen and oxygen atoms in total. The summed E-state index contributed by atoms with van der Waals surface area (Å²) in [5.74, 6) is 1.03. The second-order valence-corrected chi connectivity index (χ2v) is 2.47. The Hall–Kier alpha value is -1.56. The first-order valence-corrected chi connectivity index (χ1v) is 3.68. The number of nitrogens with two attached hydrogens (primary N) is 1. The topological polar surface area (TPSA) is 50.4 Å². The van der Waals surface area contributed by atoms with E-state index in [0.717, 1.165) is 12.1 Å². The van der Waals surface area contributed by atoms with E-state index < -0.39 is 17.5 Å². The third kappa shape index (κ3) is 1.85. The molecule has 0 bridgehead atoms. The molecule has 0 spiro atoms. The lowest BCUT2D eigenvalue weighted by Crippen LogP contribution is -2.31. The van der Waals surface area contributed by atoms with Gasteiger partial charge in [-0.25, -0.2) is 19.0 Å². The summed E-state index contributed by atoms with van der Waals surface area (Å²) in [4.78, 5) is 3.61. The molecule has 1 aromatic rings. The standard InChI is InChI=1S/C8H8F3N3/c1-13-8(14-12)4-2-5(9)7(11)6(10)3-4/h2-3H,12H2,1H3,(H,13,14). The lowest BCUT2D eigenvalue weighted by Gasteiger charge is -2.05. The first-order valence-electron chi connectivity index (χ1n) is 3.68. The van der Waals surface area contributed by atoms with E-state index in [-0.39, 0.29) is 11.4 Å². The van der Waals surface area contributed by atoms with E-state index >= 15 is 0 Å². The zero-order valence-electron chi connectivity index (χ0n) is 7.31. The number of benzene rings is 1. The highest BCUT2D eigenvalue weighted by atomic mass is 19.2. The van der Waals surface area contributed by atoms with Crippen LogP contribution in [-0.2, 0) is 0 Å². The summed E-state index contributed by atoms with van der Waals surface area (Å²) in [6, 6.07) is 1.61. The molecule has 0 aliphatic carbocycles. The molecule has 0 aliphatic heterocycles. The molecule has 0 radical (unpaired) electrons. The van der Waals surface area contributed by atoms with E-state index in [1.165, 1.54) is 7.05 Å². The minimum Gasteiger partial charge on any atom is -0.308 e. The third-order valence-electron chi connectivity index (χ3n) is 1.62. The third-order valence-corrected chi connectivity index (χ3v) is 1.62. The van der Waals surface area contributed by atoms with Crippen molar-refractivity contribution in [2.45, 2.75) is 0 Å². The number of rotatable bonds is 1. The lowest BCUT2D eigenvalue weighted by atomic mass is 10.2. The summed E-state index contributed by atoms with van der Waals surface area (Å²) in [6.45, 7) is 0. The van der Waals surface area contributed by atoms with Crippen molar-refractivity contribution in [3.05, 3.63) is 35.1 Å². The van der Waals surface area contributed by atoms with Gasteiger partial charge in [0.25, 0.3) is 0 Å². The van der Waals surface area contributed by atoms with Crippen LogP contribution in [0, 0.1) is 17.5 Å². The van der Waals surface area contributed by atoms with Gasteiger partial charge in [-0.2, -0.15) is 0 Å². The fraction of sp³-hybridized carbons (Fsp3) is 0.125. The van der Waals surface area contributed by atoms with Crippen LogP contribution >= 0.6 is 0 Å². The summed E-state index contributed by atoms with van der Waals surface area (Å²) in [6.07, 6.45) is 0. The van der Waals surface area contributed by atoms with Crippen LogP contribution < -0.4 is 11.3 Å². The Morgan fingerprint density at radius 2 is 1.79 bits per heavy atom. The molecule has 6 heteroatoms. The van der Waals surface area contributed by atoms with Gasteiger partial charge in [-0.15, -0.1) is 0 Å². The summed E-state index contributed by atoms with van der Waals surface area (Å²) >= 11 is 0. The molecule has 0 amide bonds. The monoisotopic (exact) mass is 203 g/mol. The Balaban J connectivity index is 3.25. The molecule has 3 N–H and O–H groups in total. The maximum Gasteiger partial charge on any atom is 0.194 e. The van der Waals surface area contributed by atoms with Gasteiger partial charge in [0, 0.05) is 12.6 Å². The molecular formula is C8H8F3N3. The van der Waals surface area contributed by atoms with E-state index in [9.17, 15) is 13.2 Å².